The highest BCUT2D eigenvalue weighted by molar-refractivity contribution is 5.64. The van der Waals surface area contributed by atoms with Crippen molar-refractivity contribution < 1.29 is 22.0 Å². The Bertz CT molecular complexity index is 1090. The first-order valence-corrected chi connectivity index (χ1v) is 9.78. The molecule has 30 heavy (non-hydrogen) atoms. The fraction of sp³-hybridized carbons (Fsp3) is 0.318. The lowest BCUT2D eigenvalue weighted by Crippen LogP contribution is -2.31. The lowest BCUT2D eigenvalue weighted by molar-refractivity contribution is -0.141. The molecule has 3 aromatic rings. The van der Waals surface area contributed by atoms with E-state index in [1.54, 1.807) is 6.07 Å². The van der Waals surface area contributed by atoms with Crippen LogP contribution < -0.4 is 4.90 Å². The van der Waals surface area contributed by atoms with E-state index in [4.69, 9.17) is 0 Å². The molecule has 2 aromatic heterocycles. The first-order chi connectivity index (χ1) is 14.3. The second-order valence-corrected chi connectivity index (χ2v) is 7.86. The van der Waals surface area contributed by atoms with Crippen LogP contribution in [-0.4, -0.2) is 16.5 Å². The van der Waals surface area contributed by atoms with Crippen LogP contribution in [0.15, 0.2) is 36.5 Å². The summed E-state index contributed by atoms with van der Waals surface area (Å²) in [5, 5.41) is 0. The van der Waals surface area contributed by atoms with Crippen LogP contribution >= 0.6 is 0 Å². The number of hydrogen-bond donors (Lipinski definition) is 1. The molecule has 0 unspecified atom stereocenters. The second-order valence-electron chi connectivity index (χ2n) is 7.86. The molecule has 0 radical (unpaired) electrons. The van der Waals surface area contributed by atoms with Crippen LogP contribution in [0.4, 0.5) is 27.6 Å². The van der Waals surface area contributed by atoms with Crippen molar-refractivity contribution in [1.29, 1.82) is 0 Å². The monoisotopic (exact) mass is 419 g/mol. The zero-order valence-electron chi connectivity index (χ0n) is 15.9. The van der Waals surface area contributed by atoms with Gasteiger partial charge in [0.05, 0.1) is 23.1 Å². The summed E-state index contributed by atoms with van der Waals surface area (Å²) < 4.78 is 67.6. The standard InChI is InChI=1S/C22H18F5N3/c23-15-2-1-3-16(24)21(15)18-8-13-11-30(7-6-17(13)29-18)19-10-28-20(22(25,26)27)9-14(19)12-4-5-12/h1-3,8-10,12,29H,4-7,11H2. The normalized spacial score (nSPS) is 16.6. The molecular weight excluding hydrogens is 401 g/mol. The number of alkyl halides is 3. The summed E-state index contributed by atoms with van der Waals surface area (Å²) in [6, 6.07) is 6.62. The molecule has 8 heteroatoms. The maximum atomic E-state index is 14.2. The minimum atomic E-state index is -4.48. The molecule has 1 aliphatic heterocycles. The fourth-order valence-corrected chi connectivity index (χ4v) is 4.14. The number of halogens is 5. The zero-order valence-corrected chi connectivity index (χ0v) is 15.9. The third-order valence-corrected chi connectivity index (χ3v) is 5.78. The Kier molecular flexibility index (Phi) is 4.34. The summed E-state index contributed by atoms with van der Waals surface area (Å²) in [6.45, 7) is 1.02. The summed E-state index contributed by atoms with van der Waals surface area (Å²) in [5.74, 6) is -1.17. The Labute approximate surface area is 169 Å². The first kappa shape index (κ1) is 19.1. The number of pyridine rings is 1. The Morgan fingerprint density at radius 3 is 2.47 bits per heavy atom. The van der Waals surface area contributed by atoms with Gasteiger partial charge in [-0.2, -0.15) is 13.2 Å². The van der Waals surface area contributed by atoms with Crippen molar-refractivity contribution in [3.05, 3.63) is 70.7 Å². The molecular formula is C22H18F5N3. The largest absolute Gasteiger partial charge is 0.433 e. The van der Waals surface area contributed by atoms with Crippen molar-refractivity contribution in [1.82, 2.24) is 9.97 Å². The van der Waals surface area contributed by atoms with Crippen LogP contribution in [-0.2, 0) is 19.1 Å². The van der Waals surface area contributed by atoms with E-state index in [2.05, 4.69) is 9.97 Å². The summed E-state index contributed by atoms with van der Waals surface area (Å²) in [5.41, 5.74) is 2.54. The van der Waals surface area contributed by atoms with E-state index in [-0.39, 0.29) is 11.5 Å². The molecule has 3 heterocycles. The van der Waals surface area contributed by atoms with Crippen molar-refractivity contribution in [3.8, 4) is 11.3 Å². The van der Waals surface area contributed by atoms with E-state index in [9.17, 15) is 22.0 Å². The summed E-state index contributed by atoms with van der Waals surface area (Å²) in [7, 11) is 0. The summed E-state index contributed by atoms with van der Waals surface area (Å²) in [6.07, 6.45) is -0.832. The third kappa shape index (κ3) is 3.34. The number of H-pyrrole nitrogens is 1. The number of aromatic nitrogens is 2. The lowest BCUT2D eigenvalue weighted by Gasteiger charge is -2.31. The molecule has 5 rings (SSSR count). The molecule has 0 amide bonds. The molecule has 2 aliphatic rings. The van der Waals surface area contributed by atoms with Crippen molar-refractivity contribution in [2.45, 2.75) is 37.9 Å². The van der Waals surface area contributed by atoms with Crippen LogP contribution in [0.3, 0.4) is 0 Å². The number of fused-ring (bicyclic) bond motifs is 1. The molecule has 0 bridgehead atoms. The van der Waals surface area contributed by atoms with Crippen LogP contribution in [0.5, 0.6) is 0 Å². The van der Waals surface area contributed by atoms with Gasteiger partial charge in [-0.1, -0.05) is 6.07 Å². The second kappa shape index (κ2) is 6.82. The predicted molar refractivity (Wildman–Crippen MR) is 102 cm³/mol. The maximum absolute atomic E-state index is 14.2. The van der Waals surface area contributed by atoms with Gasteiger partial charge in [-0.3, -0.25) is 0 Å². The number of hydrogen-bond acceptors (Lipinski definition) is 2. The van der Waals surface area contributed by atoms with Gasteiger partial charge in [0.2, 0.25) is 0 Å². The molecule has 156 valence electrons. The summed E-state index contributed by atoms with van der Waals surface area (Å²) in [4.78, 5) is 8.76. The van der Waals surface area contributed by atoms with Crippen molar-refractivity contribution in [2.75, 3.05) is 11.4 Å². The quantitative estimate of drug-likeness (QED) is 0.543. The van der Waals surface area contributed by atoms with Gasteiger partial charge in [0.15, 0.2) is 0 Å². The van der Waals surface area contributed by atoms with Gasteiger partial charge in [-0.05, 0) is 54.2 Å². The van der Waals surface area contributed by atoms with E-state index in [0.29, 0.717) is 36.5 Å². The molecule has 0 spiro atoms. The van der Waals surface area contributed by atoms with Crippen LogP contribution in [0.1, 0.15) is 41.3 Å². The van der Waals surface area contributed by atoms with Gasteiger partial charge in [-0.15, -0.1) is 0 Å². The minimum absolute atomic E-state index is 0.103. The highest BCUT2D eigenvalue weighted by Gasteiger charge is 2.36. The van der Waals surface area contributed by atoms with Crippen LogP contribution in [0.2, 0.25) is 0 Å². The first-order valence-electron chi connectivity index (χ1n) is 9.78. The Hall–Kier alpha value is -2.90. The Morgan fingerprint density at radius 1 is 1.07 bits per heavy atom. The predicted octanol–water partition coefficient (Wildman–Crippen LogP) is 5.81. The molecule has 3 nitrogen and oxygen atoms in total. The minimum Gasteiger partial charge on any atom is -0.365 e. The molecule has 1 N–H and O–H groups in total. The van der Waals surface area contributed by atoms with Gasteiger partial charge < -0.3 is 9.88 Å². The fourth-order valence-electron chi connectivity index (χ4n) is 4.14. The number of nitrogens with zero attached hydrogens (tertiary/aromatic N) is 2. The highest BCUT2D eigenvalue weighted by Crippen LogP contribution is 2.46. The van der Waals surface area contributed by atoms with E-state index >= 15 is 0 Å². The van der Waals surface area contributed by atoms with E-state index in [1.165, 1.54) is 30.5 Å². The van der Waals surface area contributed by atoms with Gasteiger partial charge in [0, 0.05) is 25.2 Å². The highest BCUT2D eigenvalue weighted by atomic mass is 19.4. The number of benzene rings is 1. The average Bonchev–Trinajstić information content (AvgIpc) is 3.46. The van der Waals surface area contributed by atoms with E-state index < -0.39 is 23.5 Å². The summed E-state index contributed by atoms with van der Waals surface area (Å²) >= 11 is 0. The van der Waals surface area contributed by atoms with E-state index in [1.807, 2.05) is 4.90 Å². The molecule has 0 saturated heterocycles. The molecule has 0 atom stereocenters. The Balaban J connectivity index is 1.48. The lowest BCUT2D eigenvalue weighted by atomic mass is 10.0. The average molecular weight is 419 g/mol. The molecule has 1 fully saturated rings. The van der Waals surface area contributed by atoms with Crippen LogP contribution in [0, 0.1) is 11.6 Å². The van der Waals surface area contributed by atoms with Gasteiger partial charge in [-0.25, -0.2) is 13.8 Å². The van der Waals surface area contributed by atoms with E-state index in [0.717, 1.165) is 24.1 Å². The number of anilines is 1. The number of aromatic amines is 1. The SMILES string of the molecule is Fc1cccc(F)c1-c1cc2c([nH]1)CCN(c1cnc(C(F)(F)F)cc1C1CC1)C2. The zero-order chi connectivity index (χ0) is 21.0. The van der Waals surface area contributed by atoms with Gasteiger partial charge >= 0.3 is 6.18 Å². The molecule has 1 saturated carbocycles. The number of rotatable bonds is 3. The molecule has 1 aliphatic carbocycles. The van der Waals surface area contributed by atoms with Gasteiger partial charge in [0.25, 0.3) is 0 Å². The van der Waals surface area contributed by atoms with Crippen LogP contribution in [0.25, 0.3) is 11.3 Å². The number of nitrogens with one attached hydrogen (secondary N) is 1. The Morgan fingerprint density at radius 2 is 1.80 bits per heavy atom. The maximum Gasteiger partial charge on any atom is 0.433 e. The third-order valence-electron chi connectivity index (χ3n) is 5.78. The smallest absolute Gasteiger partial charge is 0.365 e. The molecule has 1 aromatic carbocycles. The topological polar surface area (TPSA) is 31.9 Å². The van der Waals surface area contributed by atoms with Gasteiger partial charge in [0.1, 0.15) is 17.3 Å². The van der Waals surface area contributed by atoms with Crippen molar-refractivity contribution in [3.63, 3.8) is 0 Å². The van der Waals surface area contributed by atoms with Crippen molar-refractivity contribution >= 4 is 5.69 Å². The van der Waals surface area contributed by atoms with Crippen molar-refractivity contribution in [2.24, 2.45) is 0 Å².